The molecule has 2 fully saturated rings. The zero-order chi connectivity index (χ0) is 22.8. The van der Waals surface area contributed by atoms with E-state index in [4.69, 9.17) is 9.84 Å². The molecule has 1 aliphatic heterocycles. The fourth-order valence-electron chi connectivity index (χ4n) is 4.75. The van der Waals surface area contributed by atoms with E-state index >= 15 is 0 Å². The van der Waals surface area contributed by atoms with Gasteiger partial charge < -0.3 is 14.7 Å². The molecule has 2 aromatic heterocycles. The van der Waals surface area contributed by atoms with E-state index in [0.717, 1.165) is 81.2 Å². The zero-order valence-electron chi connectivity index (χ0n) is 19.1. The highest BCUT2D eigenvalue weighted by molar-refractivity contribution is 5.98. The summed E-state index contributed by atoms with van der Waals surface area (Å²) in [6.07, 6.45) is 3.44. The van der Waals surface area contributed by atoms with Gasteiger partial charge in [0.1, 0.15) is 0 Å². The zero-order valence-corrected chi connectivity index (χ0v) is 19.1. The number of nitrogens with zero attached hydrogens (tertiary/aromatic N) is 5. The van der Waals surface area contributed by atoms with Gasteiger partial charge in [-0.25, -0.2) is 14.5 Å². The normalized spacial score (nSPS) is 17.4. The van der Waals surface area contributed by atoms with Crippen LogP contribution in [-0.4, -0.2) is 76.7 Å². The minimum atomic E-state index is -1.01. The van der Waals surface area contributed by atoms with Crippen LogP contribution in [0.2, 0.25) is 0 Å². The van der Waals surface area contributed by atoms with Crippen molar-refractivity contribution < 1.29 is 14.6 Å². The summed E-state index contributed by atoms with van der Waals surface area (Å²) < 4.78 is 7.34. The molecule has 5 rings (SSSR count). The average Bonchev–Trinajstić information content (AvgIpc) is 3.18. The first-order chi connectivity index (χ1) is 16.2. The average molecular weight is 450 g/mol. The Morgan fingerprint density at radius 2 is 1.91 bits per heavy atom. The molecule has 0 bridgehead atoms. The number of aromatic nitrogens is 3. The van der Waals surface area contributed by atoms with Crippen LogP contribution in [0.3, 0.4) is 0 Å². The molecule has 0 atom stereocenters. The molecule has 1 saturated heterocycles. The van der Waals surface area contributed by atoms with Crippen molar-refractivity contribution in [3.05, 3.63) is 47.8 Å². The maximum atomic E-state index is 12.0. The van der Waals surface area contributed by atoms with E-state index in [0.29, 0.717) is 11.6 Å². The first kappa shape index (κ1) is 21.9. The fraction of sp³-hybridized carbons (Fsp3) is 0.480. The lowest BCUT2D eigenvalue weighted by atomic mass is 9.82. The number of pyridine rings is 1. The topological polar surface area (TPSA) is 83.7 Å². The maximum Gasteiger partial charge on any atom is 0.354 e. The second-order valence-corrected chi connectivity index (χ2v) is 8.82. The van der Waals surface area contributed by atoms with Gasteiger partial charge in [-0.2, -0.15) is 5.10 Å². The summed E-state index contributed by atoms with van der Waals surface area (Å²) in [5.74, 6) is -0.610. The van der Waals surface area contributed by atoms with Gasteiger partial charge >= 0.3 is 5.97 Å². The third-order valence-corrected chi connectivity index (χ3v) is 6.82. The number of fused-ring (bicyclic) bond motifs is 1. The minimum Gasteiger partial charge on any atom is -0.477 e. The van der Waals surface area contributed by atoms with Gasteiger partial charge in [0.2, 0.25) is 0 Å². The number of ether oxygens (including phenoxy) is 1. The van der Waals surface area contributed by atoms with E-state index < -0.39 is 5.97 Å². The summed E-state index contributed by atoms with van der Waals surface area (Å²) in [5.41, 5.74) is 3.60. The minimum absolute atomic E-state index is 0.0634. The molecule has 8 heteroatoms. The number of carboxylic acids is 1. The summed E-state index contributed by atoms with van der Waals surface area (Å²) in [6, 6.07) is 11.6. The van der Waals surface area contributed by atoms with E-state index in [1.807, 2.05) is 41.9 Å². The van der Waals surface area contributed by atoms with Gasteiger partial charge in [-0.05, 0) is 38.0 Å². The summed E-state index contributed by atoms with van der Waals surface area (Å²) in [4.78, 5) is 21.3. The molecular weight excluding hydrogens is 418 g/mol. The quantitative estimate of drug-likeness (QED) is 0.527. The monoisotopic (exact) mass is 449 g/mol. The van der Waals surface area contributed by atoms with Crippen LogP contribution in [0.15, 0.2) is 36.4 Å². The number of piperazine rings is 1. The largest absolute Gasteiger partial charge is 0.477 e. The highest BCUT2D eigenvalue weighted by Crippen LogP contribution is 2.42. The van der Waals surface area contributed by atoms with Crippen LogP contribution < -0.4 is 4.90 Å². The molecule has 1 saturated carbocycles. The Kier molecular flexibility index (Phi) is 6.28. The summed E-state index contributed by atoms with van der Waals surface area (Å²) in [5, 5.41) is 15.9. The smallest absolute Gasteiger partial charge is 0.354 e. The van der Waals surface area contributed by atoms with E-state index in [-0.39, 0.29) is 5.69 Å². The van der Waals surface area contributed by atoms with Crippen LogP contribution in [0.25, 0.3) is 16.7 Å². The first-order valence-electron chi connectivity index (χ1n) is 11.9. The Labute approximate surface area is 193 Å². The Morgan fingerprint density at radius 1 is 1.15 bits per heavy atom. The van der Waals surface area contributed by atoms with Crippen molar-refractivity contribution in [2.45, 2.75) is 32.1 Å². The number of benzene rings is 1. The van der Waals surface area contributed by atoms with Crippen molar-refractivity contribution >= 4 is 22.7 Å². The molecular formula is C25H31N5O3. The lowest BCUT2D eigenvalue weighted by molar-refractivity contribution is 0.0691. The number of hydrogen-bond donors (Lipinski definition) is 1. The van der Waals surface area contributed by atoms with Gasteiger partial charge in [-0.1, -0.05) is 24.6 Å². The van der Waals surface area contributed by atoms with E-state index in [1.165, 1.54) is 6.42 Å². The van der Waals surface area contributed by atoms with Crippen molar-refractivity contribution in [2.75, 3.05) is 50.8 Å². The van der Waals surface area contributed by atoms with Crippen LogP contribution in [0, 0.1) is 0 Å². The predicted molar refractivity (Wildman–Crippen MR) is 128 cm³/mol. The fourth-order valence-corrected chi connectivity index (χ4v) is 4.75. The van der Waals surface area contributed by atoms with Gasteiger partial charge in [-0.3, -0.25) is 4.90 Å². The van der Waals surface area contributed by atoms with Crippen LogP contribution in [0.4, 0.5) is 5.69 Å². The van der Waals surface area contributed by atoms with E-state index in [9.17, 15) is 9.90 Å². The molecule has 0 unspecified atom stereocenters. The van der Waals surface area contributed by atoms with Gasteiger partial charge in [0.15, 0.2) is 11.3 Å². The number of rotatable bonds is 8. The molecule has 174 valence electrons. The van der Waals surface area contributed by atoms with E-state index in [1.54, 1.807) is 6.07 Å². The molecule has 3 heterocycles. The van der Waals surface area contributed by atoms with Gasteiger partial charge in [-0.15, -0.1) is 0 Å². The maximum absolute atomic E-state index is 12.0. The van der Waals surface area contributed by atoms with E-state index in [2.05, 4.69) is 14.8 Å². The third kappa shape index (κ3) is 4.32. The first-order valence-corrected chi connectivity index (χ1v) is 11.9. The number of carbonyl (C=O) groups is 1. The van der Waals surface area contributed by atoms with Crippen molar-refractivity contribution in [3.8, 4) is 5.69 Å². The number of aromatic carboxylic acids is 1. The second kappa shape index (κ2) is 9.49. The Morgan fingerprint density at radius 3 is 2.55 bits per heavy atom. The Bertz CT molecular complexity index is 1120. The summed E-state index contributed by atoms with van der Waals surface area (Å²) in [7, 11) is 0. The number of carboxylic acid groups (broad SMARTS) is 1. The van der Waals surface area contributed by atoms with Crippen LogP contribution in [-0.2, 0) is 4.74 Å². The Hall–Kier alpha value is -2.97. The third-order valence-electron chi connectivity index (χ3n) is 6.82. The molecule has 1 aromatic carbocycles. The molecule has 1 N–H and O–H groups in total. The standard InChI is InChI=1S/C25H31N5O3/c1-2-33-16-15-28-11-13-29(14-12-28)21-17-20(25(31)32)26-24-22(21)23(18-7-6-8-18)27-30(24)19-9-4-3-5-10-19/h3-5,9-10,17-18H,2,6-8,11-16H2,1H3,(H,31,32). The molecule has 0 radical (unpaired) electrons. The summed E-state index contributed by atoms with van der Waals surface area (Å²) in [6.45, 7) is 7.94. The van der Waals surface area contributed by atoms with Gasteiger partial charge in [0.05, 0.1) is 29.1 Å². The van der Waals surface area contributed by atoms with Gasteiger partial charge in [0.25, 0.3) is 0 Å². The van der Waals surface area contributed by atoms with Crippen molar-refractivity contribution in [1.82, 2.24) is 19.7 Å². The summed E-state index contributed by atoms with van der Waals surface area (Å²) >= 11 is 0. The van der Waals surface area contributed by atoms with Crippen LogP contribution in [0.5, 0.6) is 0 Å². The molecule has 33 heavy (non-hydrogen) atoms. The van der Waals surface area contributed by atoms with Crippen molar-refractivity contribution in [2.24, 2.45) is 0 Å². The van der Waals surface area contributed by atoms with Crippen LogP contribution in [0.1, 0.15) is 48.3 Å². The second-order valence-electron chi connectivity index (χ2n) is 8.82. The number of hydrogen-bond acceptors (Lipinski definition) is 6. The van der Waals surface area contributed by atoms with Crippen molar-refractivity contribution in [1.29, 1.82) is 0 Å². The highest BCUT2D eigenvalue weighted by Gasteiger charge is 2.31. The molecule has 0 spiro atoms. The Balaban J connectivity index is 1.56. The molecule has 8 nitrogen and oxygen atoms in total. The van der Waals surface area contributed by atoms with Gasteiger partial charge in [0, 0.05) is 45.2 Å². The van der Waals surface area contributed by atoms with Crippen molar-refractivity contribution in [3.63, 3.8) is 0 Å². The lowest BCUT2D eigenvalue weighted by Crippen LogP contribution is -2.47. The lowest BCUT2D eigenvalue weighted by Gasteiger charge is -2.36. The SMILES string of the molecule is CCOCCN1CCN(c2cc(C(=O)O)nc3c2c(C2CCC2)nn3-c2ccccc2)CC1. The number of anilines is 1. The molecule has 1 aliphatic carbocycles. The molecule has 2 aliphatic rings. The van der Waals surface area contributed by atoms with Crippen LogP contribution >= 0.6 is 0 Å². The predicted octanol–water partition coefficient (Wildman–Crippen LogP) is 3.54. The number of para-hydroxylation sites is 1. The highest BCUT2D eigenvalue weighted by atomic mass is 16.5. The molecule has 3 aromatic rings. The molecule has 0 amide bonds.